The van der Waals surface area contributed by atoms with Crippen molar-refractivity contribution in [3.63, 3.8) is 0 Å². The molecule has 0 fully saturated rings. The summed E-state index contributed by atoms with van der Waals surface area (Å²) in [6.07, 6.45) is 0. The first-order valence-electron chi connectivity index (χ1n) is 4.24. The molecule has 74 valence electrons. The van der Waals surface area contributed by atoms with Crippen molar-refractivity contribution in [3.8, 4) is 0 Å². The van der Waals surface area contributed by atoms with Crippen molar-refractivity contribution in [3.05, 3.63) is 0 Å². The Labute approximate surface area is 77.9 Å². The van der Waals surface area contributed by atoms with Crippen molar-refractivity contribution in [1.29, 1.82) is 0 Å². The third-order valence-electron chi connectivity index (χ3n) is 1.51. The topological polar surface area (TPSA) is 30.5 Å². The van der Waals surface area contributed by atoms with Gasteiger partial charge in [0.1, 0.15) is 5.72 Å². The van der Waals surface area contributed by atoms with E-state index in [4.69, 9.17) is 8.85 Å². The third kappa shape index (κ3) is 6.79. The molecule has 0 aliphatic rings. The van der Waals surface area contributed by atoms with E-state index in [1.807, 2.05) is 41.7 Å². The maximum Gasteiger partial charge on any atom is 0.306 e. The molecule has 0 aromatic carbocycles. The summed E-state index contributed by atoms with van der Waals surface area (Å²) in [4.78, 5) is 0. The lowest BCUT2D eigenvalue weighted by Gasteiger charge is -2.27. The Hall–Kier alpha value is 0.0969. The first-order chi connectivity index (χ1) is 5.27. The smallest absolute Gasteiger partial charge is 0.306 e. The van der Waals surface area contributed by atoms with E-state index in [9.17, 15) is 0 Å². The van der Waals surface area contributed by atoms with Crippen molar-refractivity contribution in [2.75, 3.05) is 7.05 Å². The molecule has 12 heavy (non-hydrogen) atoms. The Morgan fingerprint density at radius 1 is 1.00 bits per heavy atom. The molecule has 4 heteroatoms. The normalized spacial score (nSPS) is 14.5. The van der Waals surface area contributed by atoms with Crippen LogP contribution in [0.3, 0.4) is 0 Å². The second-order valence-electron chi connectivity index (χ2n) is 4.28. The Bertz CT molecular complexity index is 132. The second kappa shape index (κ2) is 4.37. The van der Waals surface area contributed by atoms with Gasteiger partial charge in [-0.05, 0) is 41.7 Å². The van der Waals surface area contributed by atoms with Crippen molar-refractivity contribution in [2.45, 2.75) is 45.9 Å². The maximum absolute atomic E-state index is 5.56. The monoisotopic (exact) mass is 191 g/mol. The van der Waals surface area contributed by atoms with Crippen LogP contribution in [-0.2, 0) is 8.85 Å². The van der Waals surface area contributed by atoms with Crippen molar-refractivity contribution < 1.29 is 8.85 Å². The van der Waals surface area contributed by atoms with Crippen molar-refractivity contribution >= 4 is 10.0 Å². The third-order valence-corrected chi connectivity index (χ3v) is 3.34. The van der Waals surface area contributed by atoms with Crippen LogP contribution in [0.5, 0.6) is 0 Å². The van der Waals surface area contributed by atoms with E-state index in [0.29, 0.717) is 0 Å². The fourth-order valence-corrected chi connectivity index (χ4v) is 1.28. The molecular formula is C8H21NO2Si. The lowest BCUT2D eigenvalue weighted by atomic mass is 10.2. The predicted octanol–water partition coefficient (Wildman–Crippen LogP) is 0.772. The van der Waals surface area contributed by atoms with Crippen LogP contribution in [0.1, 0.15) is 34.6 Å². The van der Waals surface area contributed by atoms with Crippen LogP contribution >= 0.6 is 0 Å². The molecule has 0 heterocycles. The minimum atomic E-state index is -0.871. The van der Waals surface area contributed by atoms with Gasteiger partial charge in [-0.25, -0.2) is 0 Å². The van der Waals surface area contributed by atoms with E-state index in [-0.39, 0.29) is 11.3 Å². The highest BCUT2D eigenvalue weighted by molar-refractivity contribution is 6.18. The van der Waals surface area contributed by atoms with Crippen molar-refractivity contribution in [1.82, 2.24) is 5.32 Å². The lowest BCUT2D eigenvalue weighted by molar-refractivity contribution is 0.0259. The number of rotatable bonds is 4. The molecule has 0 saturated carbocycles. The molecule has 0 unspecified atom stereocenters. The average molecular weight is 191 g/mol. The SMILES string of the molecule is CNC(C)(C)O[SiH2]OC(C)(C)C. The first kappa shape index (κ1) is 12.1. The van der Waals surface area contributed by atoms with Gasteiger partial charge in [0, 0.05) is 5.60 Å². The van der Waals surface area contributed by atoms with Crippen LogP contribution in [0.2, 0.25) is 0 Å². The average Bonchev–Trinajstić information content (AvgIpc) is 1.84. The zero-order valence-corrected chi connectivity index (χ0v) is 10.4. The first-order valence-corrected chi connectivity index (χ1v) is 5.39. The zero-order valence-electron chi connectivity index (χ0n) is 9.02. The van der Waals surface area contributed by atoms with Gasteiger partial charge in [-0.15, -0.1) is 0 Å². The van der Waals surface area contributed by atoms with Crippen LogP contribution < -0.4 is 5.32 Å². The highest BCUT2D eigenvalue weighted by Crippen LogP contribution is 2.08. The zero-order chi connectivity index (χ0) is 9.83. The van der Waals surface area contributed by atoms with Gasteiger partial charge in [-0.3, -0.25) is 5.32 Å². The summed E-state index contributed by atoms with van der Waals surface area (Å²) in [5.74, 6) is 0. The van der Waals surface area contributed by atoms with E-state index in [2.05, 4.69) is 5.32 Å². The van der Waals surface area contributed by atoms with Crippen LogP contribution in [0, 0.1) is 0 Å². The van der Waals surface area contributed by atoms with Crippen LogP contribution in [0.25, 0.3) is 0 Å². The van der Waals surface area contributed by atoms with Crippen LogP contribution in [0.4, 0.5) is 0 Å². The quantitative estimate of drug-likeness (QED) is 0.526. The van der Waals surface area contributed by atoms with Gasteiger partial charge >= 0.3 is 10.0 Å². The van der Waals surface area contributed by atoms with Gasteiger partial charge in [0.25, 0.3) is 0 Å². The Morgan fingerprint density at radius 2 is 1.50 bits per heavy atom. The van der Waals surface area contributed by atoms with Gasteiger partial charge in [0.05, 0.1) is 0 Å². The molecule has 0 amide bonds. The summed E-state index contributed by atoms with van der Waals surface area (Å²) in [6, 6.07) is 0. The van der Waals surface area contributed by atoms with E-state index < -0.39 is 10.0 Å². The number of hydrogen-bond donors (Lipinski definition) is 1. The minimum Gasteiger partial charge on any atom is -0.394 e. The molecule has 0 aliphatic carbocycles. The summed E-state index contributed by atoms with van der Waals surface area (Å²) in [5.41, 5.74) is -0.326. The summed E-state index contributed by atoms with van der Waals surface area (Å²) >= 11 is 0. The Kier molecular flexibility index (Phi) is 4.40. The second-order valence-corrected chi connectivity index (χ2v) is 5.09. The Balaban J connectivity index is 3.57. The molecule has 1 N–H and O–H groups in total. The molecule has 0 aromatic rings. The maximum atomic E-state index is 5.56. The number of hydrogen-bond acceptors (Lipinski definition) is 3. The van der Waals surface area contributed by atoms with E-state index in [0.717, 1.165) is 0 Å². The van der Waals surface area contributed by atoms with E-state index in [1.165, 1.54) is 0 Å². The fourth-order valence-electron chi connectivity index (χ4n) is 0.426. The molecule has 0 aromatic heterocycles. The summed E-state index contributed by atoms with van der Waals surface area (Å²) < 4.78 is 11.1. The summed E-state index contributed by atoms with van der Waals surface area (Å²) in [7, 11) is 1.01. The largest absolute Gasteiger partial charge is 0.394 e. The molecule has 0 spiro atoms. The van der Waals surface area contributed by atoms with Crippen LogP contribution in [-0.4, -0.2) is 28.4 Å². The molecular weight excluding hydrogens is 170 g/mol. The van der Waals surface area contributed by atoms with Gasteiger partial charge in [-0.2, -0.15) is 0 Å². The molecule has 3 nitrogen and oxygen atoms in total. The highest BCUT2D eigenvalue weighted by atomic mass is 28.3. The van der Waals surface area contributed by atoms with Gasteiger partial charge in [-0.1, -0.05) is 0 Å². The molecule has 0 radical (unpaired) electrons. The standard InChI is InChI=1S/C8H21NO2Si/c1-7(2,3)10-12-11-8(4,5)9-6/h9H,12H2,1-6H3. The van der Waals surface area contributed by atoms with Gasteiger partial charge < -0.3 is 8.85 Å². The molecule has 0 aliphatic heterocycles. The molecule has 0 rings (SSSR count). The molecule has 0 bridgehead atoms. The Morgan fingerprint density at radius 3 is 1.83 bits per heavy atom. The highest BCUT2D eigenvalue weighted by Gasteiger charge is 2.17. The van der Waals surface area contributed by atoms with E-state index >= 15 is 0 Å². The molecule has 0 atom stereocenters. The minimum absolute atomic E-state index is 0.0734. The van der Waals surface area contributed by atoms with Gasteiger partial charge in [0.15, 0.2) is 0 Å². The number of nitrogens with one attached hydrogen (secondary N) is 1. The lowest BCUT2D eigenvalue weighted by Crippen LogP contribution is -2.41. The van der Waals surface area contributed by atoms with Crippen LogP contribution in [0.15, 0.2) is 0 Å². The summed E-state index contributed by atoms with van der Waals surface area (Å²) in [6.45, 7) is 10.1. The fraction of sp³-hybridized carbons (Fsp3) is 1.00. The van der Waals surface area contributed by atoms with Gasteiger partial charge in [0.2, 0.25) is 0 Å². The molecule has 0 saturated heterocycles. The van der Waals surface area contributed by atoms with Crippen molar-refractivity contribution in [2.24, 2.45) is 0 Å². The summed E-state index contributed by atoms with van der Waals surface area (Å²) in [5, 5.41) is 3.06. The van der Waals surface area contributed by atoms with E-state index in [1.54, 1.807) is 0 Å². The predicted molar refractivity (Wildman–Crippen MR) is 53.6 cm³/mol.